The summed E-state index contributed by atoms with van der Waals surface area (Å²) in [5.41, 5.74) is 3.41. The Morgan fingerprint density at radius 3 is 2.56 bits per heavy atom. The van der Waals surface area contributed by atoms with Crippen molar-refractivity contribution < 1.29 is 0 Å². The zero-order valence-electron chi connectivity index (χ0n) is 9.31. The number of rotatable bonds is 2. The lowest BCUT2D eigenvalue weighted by Gasteiger charge is -2.19. The minimum absolute atomic E-state index is 0.511. The van der Waals surface area contributed by atoms with Gasteiger partial charge in [0.2, 0.25) is 0 Å². The fraction of sp³-hybridized carbons (Fsp3) is 0.154. The first-order chi connectivity index (χ1) is 7.66. The third-order valence-corrected chi connectivity index (χ3v) is 2.69. The fourth-order valence-corrected chi connectivity index (χ4v) is 1.75. The lowest BCUT2D eigenvalue weighted by Crippen LogP contribution is -2.09. The van der Waals surface area contributed by atoms with Gasteiger partial charge in [-0.25, -0.2) is 4.98 Å². The number of pyridine rings is 1. The molecule has 0 unspecified atom stereocenters. The molecule has 0 aliphatic carbocycles. The summed E-state index contributed by atoms with van der Waals surface area (Å²) in [4.78, 5) is 6.06. The number of aryl methyl sites for hydroxylation is 1. The lowest BCUT2D eigenvalue weighted by atomic mass is 10.2. The molecule has 0 aliphatic rings. The maximum atomic E-state index is 5.87. The molecule has 82 valence electrons. The van der Waals surface area contributed by atoms with Crippen LogP contribution in [0.3, 0.4) is 0 Å². The maximum absolute atomic E-state index is 5.87. The van der Waals surface area contributed by atoms with E-state index in [1.54, 1.807) is 6.20 Å². The Hall–Kier alpha value is -1.54. The summed E-state index contributed by atoms with van der Waals surface area (Å²) in [6.45, 7) is 2.08. The van der Waals surface area contributed by atoms with Gasteiger partial charge in [-0.3, -0.25) is 0 Å². The molecule has 1 aromatic heterocycles. The summed E-state index contributed by atoms with van der Waals surface area (Å²) < 4.78 is 0. The molecular weight excluding hydrogens is 220 g/mol. The molecule has 2 aromatic rings. The molecule has 0 fully saturated rings. The number of aromatic nitrogens is 1. The molecule has 0 aliphatic heterocycles. The van der Waals surface area contributed by atoms with Gasteiger partial charge in [-0.05, 0) is 36.8 Å². The van der Waals surface area contributed by atoms with Crippen LogP contribution in [0.5, 0.6) is 0 Å². The van der Waals surface area contributed by atoms with E-state index in [0.717, 1.165) is 11.4 Å². The van der Waals surface area contributed by atoms with Crippen LogP contribution in [-0.4, -0.2) is 12.0 Å². The first kappa shape index (κ1) is 11.0. The van der Waals surface area contributed by atoms with E-state index in [1.165, 1.54) is 5.56 Å². The number of anilines is 2. The van der Waals surface area contributed by atoms with Crippen molar-refractivity contribution in [2.45, 2.75) is 6.92 Å². The molecule has 0 saturated heterocycles. The highest BCUT2D eigenvalue weighted by Crippen LogP contribution is 2.25. The quantitative estimate of drug-likeness (QED) is 0.732. The van der Waals surface area contributed by atoms with Gasteiger partial charge in [-0.2, -0.15) is 0 Å². The van der Waals surface area contributed by atoms with E-state index < -0.39 is 0 Å². The first-order valence-electron chi connectivity index (χ1n) is 5.09. The second-order valence-electron chi connectivity index (χ2n) is 3.73. The van der Waals surface area contributed by atoms with Crippen molar-refractivity contribution in [3.05, 3.63) is 53.3 Å². The van der Waals surface area contributed by atoms with Crippen LogP contribution >= 0.6 is 11.6 Å². The highest BCUT2D eigenvalue weighted by molar-refractivity contribution is 6.29. The number of nitrogens with zero attached hydrogens (tertiary/aromatic N) is 2. The van der Waals surface area contributed by atoms with Crippen molar-refractivity contribution in [2.75, 3.05) is 11.9 Å². The Bertz CT molecular complexity index is 451. The second kappa shape index (κ2) is 4.54. The molecule has 0 bridgehead atoms. The number of halogens is 1. The Labute approximate surface area is 101 Å². The van der Waals surface area contributed by atoms with Gasteiger partial charge in [0.1, 0.15) is 5.15 Å². The van der Waals surface area contributed by atoms with E-state index in [4.69, 9.17) is 11.6 Å². The predicted molar refractivity (Wildman–Crippen MR) is 68.5 cm³/mol. The highest BCUT2D eigenvalue weighted by atomic mass is 35.5. The third-order valence-electron chi connectivity index (χ3n) is 2.49. The largest absolute Gasteiger partial charge is 0.344 e. The van der Waals surface area contributed by atoms with Crippen LogP contribution in [0.25, 0.3) is 0 Å². The van der Waals surface area contributed by atoms with Gasteiger partial charge in [-0.1, -0.05) is 23.7 Å². The molecule has 0 spiro atoms. The van der Waals surface area contributed by atoms with E-state index in [-0.39, 0.29) is 0 Å². The van der Waals surface area contributed by atoms with Crippen molar-refractivity contribution in [2.24, 2.45) is 0 Å². The molecule has 1 heterocycles. The van der Waals surface area contributed by atoms with E-state index in [9.17, 15) is 0 Å². The Balaban J connectivity index is 2.35. The number of hydrogen-bond donors (Lipinski definition) is 0. The van der Waals surface area contributed by atoms with Crippen LogP contribution in [0.4, 0.5) is 11.4 Å². The van der Waals surface area contributed by atoms with Crippen LogP contribution in [0.15, 0.2) is 42.6 Å². The summed E-state index contributed by atoms with van der Waals surface area (Å²) in [5.74, 6) is 0. The van der Waals surface area contributed by atoms with E-state index >= 15 is 0 Å². The van der Waals surface area contributed by atoms with Crippen LogP contribution in [0.2, 0.25) is 5.15 Å². The van der Waals surface area contributed by atoms with E-state index in [2.05, 4.69) is 35.0 Å². The minimum Gasteiger partial charge on any atom is -0.344 e. The summed E-state index contributed by atoms with van der Waals surface area (Å²) in [6, 6.07) is 12.1. The van der Waals surface area contributed by atoms with Crippen molar-refractivity contribution in [1.82, 2.24) is 4.98 Å². The monoisotopic (exact) mass is 232 g/mol. The number of benzene rings is 1. The molecule has 2 rings (SSSR count). The van der Waals surface area contributed by atoms with Gasteiger partial charge in [0.05, 0.1) is 0 Å². The predicted octanol–water partition coefficient (Wildman–Crippen LogP) is 3.81. The molecule has 3 heteroatoms. The van der Waals surface area contributed by atoms with Gasteiger partial charge < -0.3 is 4.90 Å². The topological polar surface area (TPSA) is 16.1 Å². The van der Waals surface area contributed by atoms with Crippen LogP contribution < -0.4 is 4.90 Å². The highest BCUT2D eigenvalue weighted by Gasteiger charge is 2.04. The first-order valence-corrected chi connectivity index (χ1v) is 5.46. The van der Waals surface area contributed by atoms with Gasteiger partial charge in [0.25, 0.3) is 0 Å². The summed E-state index contributed by atoms with van der Waals surface area (Å²) in [5, 5.41) is 0.511. The van der Waals surface area contributed by atoms with Gasteiger partial charge >= 0.3 is 0 Å². The Kier molecular flexibility index (Phi) is 3.11. The van der Waals surface area contributed by atoms with Crippen molar-refractivity contribution in [3.63, 3.8) is 0 Å². The molecule has 1 aromatic carbocycles. The zero-order chi connectivity index (χ0) is 11.5. The molecule has 2 nitrogen and oxygen atoms in total. The number of hydrogen-bond acceptors (Lipinski definition) is 2. The lowest BCUT2D eigenvalue weighted by molar-refractivity contribution is 1.18. The summed E-state index contributed by atoms with van der Waals surface area (Å²) >= 11 is 5.87. The van der Waals surface area contributed by atoms with Crippen LogP contribution in [-0.2, 0) is 0 Å². The second-order valence-corrected chi connectivity index (χ2v) is 4.12. The average Bonchev–Trinajstić information content (AvgIpc) is 2.28. The standard InChI is InChI=1S/C13H13ClN2/c1-10-4-3-5-11(8-10)16(2)12-6-7-15-13(14)9-12/h3-9H,1-2H3. The Morgan fingerprint density at radius 2 is 1.88 bits per heavy atom. The minimum atomic E-state index is 0.511. The van der Waals surface area contributed by atoms with Crippen molar-refractivity contribution in [1.29, 1.82) is 0 Å². The van der Waals surface area contributed by atoms with E-state index in [0.29, 0.717) is 5.15 Å². The molecular formula is C13H13ClN2. The molecule has 0 N–H and O–H groups in total. The molecule has 16 heavy (non-hydrogen) atoms. The summed E-state index contributed by atoms with van der Waals surface area (Å²) in [7, 11) is 2.01. The third kappa shape index (κ3) is 2.34. The molecule has 0 radical (unpaired) electrons. The smallest absolute Gasteiger partial charge is 0.131 e. The Morgan fingerprint density at radius 1 is 1.12 bits per heavy atom. The molecule has 0 saturated carbocycles. The SMILES string of the molecule is Cc1cccc(N(C)c2ccnc(Cl)c2)c1. The van der Waals surface area contributed by atoms with Gasteiger partial charge in [0, 0.05) is 24.6 Å². The normalized spacial score (nSPS) is 10.2. The zero-order valence-corrected chi connectivity index (χ0v) is 10.1. The molecule has 0 amide bonds. The van der Waals surface area contributed by atoms with Crippen LogP contribution in [0.1, 0.15) is 5.56 Å². The average molecular weight is 233 g/mol. The maximum Gasteiger partial charge on any atom is 0.131 e. The molecule has 0 atom stereocenters. The van der Waals surface area contributed by atoms with E-state index in [1.807, 2.05) is 25.2 Å². The summed E-state index contributed by atoms with van der Waals surface area (Å²) in [6.07, 6.45) is 1.71. The van der Waals surface area contributed by atoms with Crippen molar-refractivity contribution >= 4 is 23.0 Å². The van der Waals surface area contributed by atoms with Gasteiger partial charge in [0.15, 0.2) is 0 Å². The van der Waals surface area contributed by atoms with Gasteiger partial charge in [-0.15, -0.1) is 0 Å². The van der Waals surface area contributed by atoms with Crippen LogP contribution in [0, 0.1) is 6.92 Å². The fourth-order valence-electron chi connectivity index (χ4n) is 1.59. The van der Waals surface area contributed by atoms with Crippen molar-refractivity contribution in [3.8, 4) is 0 Å².